The van der Waals surface area contributed by atoms with E-state index < -0.39 is 0 Å². The molecule has 31 heavy (non-hydrogen) atoms. The Kier molecular flexibility index (Phi) is 6.53. The predicted octanol–water partition coefficient (Wildman–Crippen LogP) is 4.71. The molecule has 1 fully saturated rings. The van der Waals surface area contributed by atoms with Crippen LogP contribution in [0.1, 0.15) is 20.7 Å². The summed E-state index contributed by atoms with van der Waals surface area (Å²) < 4.78 is 0.754. The molecule has 0 atom stereocenters. The van der Waals surface area contributed by atoms with E-state index in [9.17, 15) is 9.59 Å². The SMILES string of the molecule is O=C(Nc1ccc(N2CCN(C(=O)c3ccc(Cl)cc3)CC2)cc1)c1cncc(Br)c1. The first-order valence-corrected chi connectivity index (χ1v) is 11.0. The van der Waals surface area contributed by atoms with Crippen LogP contribution in [-0.4, -0.2) is 47.9 Å². The Morgan fingerprint density at radius 1 is 0.903 bits per heavy atom. The van der Waals surface area contributed by atoms with Crippen molar-refractivity contribution >= 4 is 50.7 Å². The lowest BCUT2D eigenvalue weighted by Crippen LogP contribution is -2.48. The lowest BCUT2D eigenvalue weighted by molar-refractivity contribution is 0.0746. The first-order valence-electron chi connectivity index (χ1n) is 9.81. The van der Waals surface area contributed by atoms with Crippen LogP contribution in [0, 0.1) is 0 Å². The van der Waals surface area contributed by atoms with Crippen molar-refractivity contribution in [2.24, 2.45) is 0 Å². The monoisotopic (exact) mass is 498 g/mol. The number of benzene rings is 2. The molecule has 1 saturated heterocycles. The first-order chi connectivity index (χ1) is 15.0. The quantitative estimate of drug-likeness (QED) is 0.564. The van der Waals surface area contributed by atoms with Crippen LogP contribution in [0.5, 0.6) is 0 Å². The second-order valence-electron chi connectivity index (χ2n) is 7.18. The highest BCUT2D eigenvalue weighted by molar-refractivity contribution is 9.10. The van der Waals surface area contributed by atoms with Gasteiger partial charge in [-0.1, -0.05) is 11.6 Å². The fourth-order valence-electron chi connectivity index (χ4n) is 3.44. The van der Waals surface area contributed by atoms with Gasteiger partial charge in [-0.05, 0) is 70.5 Å². The van der Waals surface area contributed by atoms with Crippen LogP contribution in [0.25, 0.3) is 0 Å². The summed E-state index contributed by atoms with van der Waals surface area (Å²) in [5.74, 6) is -0.188. The number of amides is 2. The lowest BCUT2D eigenvalue weighted by atomic mass is 10.1. The maximum Gasteiger partial charge on any atom is 0.257 e. The zero-order chi connectivity index (χ0) is 21.8. The van der Waals surface area contributed by atoms with Crippen LogP contribution in [0.15, 0.2) is 71.5 Å². The standard InChI is InChI=1S/C23H20BrClN4O2/c24-18-13-17(14-26-15-18)22(30)27-20-5-7-21(8-6-20)28-9-11-29(12-10-28)23(31)16-1-3-19(25)4-2-16/h1-8,13-15H,9-12H2,(H,27,30). The van der Waals surface area contributed by atoms with Gasteiger partial charge >= 0.3 is 0 Å². The highest BCUT2D eigenvalue weighted by Crippen LogP contribution is 2.21. The number of nitrogens with one attached hydrogen (secondary N) is 1. The van der Waals surface area contributed by atoms with Crippen molar-refractivity contribution in [3.63, 3.8) is 0 Å². The number of halogens is 2. The molecule has 0 radical (unpaired) electrons. The van der Waals surface area contributed by atoms with Gasteiger partial charge in [0.1, 0.15) is 0 Å². The molecule has 4 rings (SSSR count). The smallest absolute Gasteiger partial charge is 0.257 e. The zero-order valence-electron chi connectivity index (χ0n) is 16.6. The number of hydrogen-bond donors (Lipinski definition) is 1. The molecule has 158 valence electrons. The number of anilines is 2. The number of hydrogen-bond acceptors (Lipinski definition) is 4. The molecular formula is C23H20BrClN4O2. The van der Waals surface area contributed by atoms with Gasteiger partial charge in [0.2, 0.25) is 0 Å². The maximum absolute atomic E-state index is 12.7. The van der Waals surface area contributed by atoms with Crippen LogP contribution in [0.3, 0.4) is 0 Å². The molecule has 2 heterocycles. The van der Waals surface area contributed by atoms with Gasteiger partial charge in [-0.15, -0.1) is 0 Å². The second kappa shape index (κ2) is 9.49. The van der Waals surface area contributed by atoms with Crippen molar-refractivity contribution in [2.45, 2.75) is 0 Å². The van der Waals surface area contributed by atoms with Gasteiger partial charge in [0.15, 0.2) is 0 Å². The number of rotatable bonds is 4. The van der Waals surface area contributed by atoms with Gasteiger partial charge in [-0.25, -0.2) is 0 Å². The summed E-state index contributed by atoms with van der Waals surface area (Å²) in [6.07, 6.45) is 3.16. The molecule has 0 unspecified atom stereocenters. The van der Waals surface area contributed by atoms with Crippen LogP contribution in [-0.2, 0) is 0 Å². The number of aromatic nitrogens is 1. The molecule has 0 bridgehead atoms. The van der Waals surface area contributed by atoms with Crippen LogP contribution < -0.4 is 10.2 Å². The van der Waals surface area contributed by atoms with Gasteiger partial charge < -0.3 is 15.1 Å². The van der Waals surface area contributed by atoms with Crippen LogP contribution >= 0.6 is 27.5 Å². The molecule has 6 nitrogen and oxygen atoms in total. The Morgan fingerprint density at radius 2 is 1.58 bits per heavy atom. The molecule has 0 aliphatic carbocycles. The van der Waals surface area contributed by atoms with Gasteiger partial charge in [0.25, 0.3) is 11.8 Å². The van der Waals surface area contributed by atoms with E-state index in [-0.39, 0.29) is 11.8 Å². The Labute approximate surface area is 194 Å². The number of carbonyl (C=O) groups is 2. The lowest BCUT2D eigenvalue weighted by Gasteiger charge is -2.36. The number of carbonyl (C=O) groups excluding carboxylic acids is 2. The van der Waals surface area contributed by atoms with Gasteiger partial charge in [-0.2, -0.15) is 0 Å². The topological polar surface area (TPSA) is 65.5 Å². The van der Waals surface area contributed by atoms with E-state index >= 15 is 0 Å². The predicted molar refractivity (Wildman–Crippen MR) is 126 cm³/mol. The molecule has 1 aromatic heterocycles. The van der Waals surface area contributed by atoms with Crippen molar-refractivity contribution < 1.29 is 9.59 Å². The van der Waals surface area contributed by atoms with Crippen molar-refractivity contribution in [3.05, 3.63) is 87.6 Å². The molecule has 0 saturated carbocycles. The molecule has 1 N–H and O–H groups in total. The Hall–Kier alpha value is -2.90. The van der Waals surface area contributed by atoms with E-state index in [1.165, 1.54) is 6.20 Å². The fraction of sp³-hybridized carbons (Fsp3) is 0.174. The Bertz CT molecular complexity index is 1080. The van der Waals surface area contributed by atoms with E-state index in [4.69, 9.17) is 11.6 Å². The maximum atomic E-state index is 12.7. The van der Waals surface area contributed by atoms with Gasteiger partial charge in [0, 0.05) is 65.0 Å². The highest BCUT2D eigenvalue weighted by atomic mass is 79.9. The summed E-state index contributed by atoms with van der Waals surface area (Å²) in [4.78, 5) is 33.1. The Balaban J connectivity index is 1.33. The van der Waals surface area contributed by atoms with E-state index in [2.05, 4.69) is 31.1 Å². The number of pyridine rings is 1. The van der Waals surface area contributed by atoms with E-state index in [1.54, 1.807) is 36.5 Å². The fourth-order valence-corrected chi connectivity index (χ4v) is 3.93. The summed E-state index contributed by atoms with van der Waals surface area (Å²) >= 11 is 9.23. The van der Waals surface area contributed by atoms with E-state index in [0.717, 1.165) is 23.2 Å². The molecule has 2 aromatic carbocycles. The van der Waals surface area contributed by atoms with Gasteiger partial charge in [-0.3, -0.25) is 14.6 Å². The average Bonchev–Trinajstić information content (AvgIpc) is 2.80. The van der Waals surface area contributed by atoms with Gasteiger partial charge in [0.05, 0.1) is 5.56 Å². The molecular weight excluding hydrogens is 480 g/mol. The van der Waals surface area contributed by atoms with Crippen molar-refractivity contribution in [1.82, 2.24) is 9.88 Å². The van der Waals surface area contributed by atoms with E-state index in [1.807, 2.05) is 29.2 Å². The average molecular weight is 500 g/mol. The highest BCUT2D eigenvalue weighted by Gasteiger charge is 2.22. The largest absolute Gasteiger partial charge is 0.368 e. The number of nitrogens with zero attached hydrogens (tertiary/aromatic N) is 3. The third-order valence-electron chi connectivity index (χ3n) is 5.12. The minimum Gasteiger partial charge on any atom is -0.368 e. The number of piperazine rings is 1. The second-order valence-corrected chi connectivity index (χ2v) is 8.53. The third-order valence-corrected chi connectivity index (χ3v) is 5.80. The summed E-state index contributed by atoms with van der Waals surface area (Å²) in [7, 11) is 0. The molecule has 8 heteroatoms. The van der Waals surface area contributed by atoms with Crippen molar-refractivity contribution in [1.29, 1.82) is 0 Å². The van der Waals surface area contributed by atoms with Crippen molar-refractivity contribution in [3.8, 4) is 0 Å². The van der Waals surface area contributed by atoms with Crippen molar-refractivity contribution in [2.75, 3.05) is 36.4 Å². The molecule has 1 aliphatic heterocycles. The zero-order valence-corrected chi connectivity index (χ0v) is 18.9. The first kappa shape index (κ1) is 21.3. The minimum absolute atomic E-state index is 0.0245. The molecule has 2 amide bonds. The normalized spacial score (nSPS) is 13.7. The Morgan fingerprint density at radius 3 is 2.23 bits per heavy atom. The van der Waals surface area contributed by atoms with Crippen LogP contribution in [0.2, 0.25) is 5.02 Å². The molecule has 1 aliphatic rings. The third kappa shape index (κ3) is 5.24. The molecule has 0 spiro atoms. The summed E-state index contributed by atoms with van der Waals surface area (Å²) in [6.45, 7) is 2.79. The summed E-state index contributed by atoms with van der Waals surface area (Å²) in [6, 6.07) is 16.4. The molecule has 3 aromatic rings. The summed E-state index contributed by atoms with van der Waals surface area (Å²) in [5, 5.41) is 3.50. The van der Waals surface area contributed by atoms with E-state index in [0.29, 0.717) is 34.9 Å². The minimum atomic E-state index is -0.212. The summed E-state index contributed by atoms with van der Waals surface area (Å²) in [5.41, 5.74) is 2.91. The van der Waals surface area contributed by atoms with Crippen LogP contribution in [0.4, 0.5) is 11.4 Å².